The Balaban J connectivity index is 1.71. The van der Waals surface area contributed by atoms with Crippen LogP contribution in [0, 0.1) is 5.92 Å². The number of hydrogen-bond donors (Lipinski definition) is 2. The SMILES string of the molecule is CCOc1ccc(S(=O)(=O)NCCC(=O)NCC(C)N2CCCC(C)C2)cc1. The highest BCUT2D eigenvalue weighted by Crippen LogP contribution is 2.17. The Hall–Kier alpha value is -1.64. The number of amides is 1. The maximum Gasteiger partial charge on any atom is 0.240 e. The zero-order valence-electron chi connectivity index (χ0n) is 17.1. The molecule has 1 fully saturated rings. The van der Waals surface area contributed by atoms with E-state index in [4.69, 9.17) is 4.74 Å². The minimum Gasteiger partial charge on any atom is -0.494 e. The molecule has 0 spiro atoms. The molecule has 1 aliphatic rings. The van der Waals surface area contributed by atoms with Crippen LogP contribution in [0.3, 0.4) is 0 Å². The fraction of sp³-hybridized carbons (Fsp3) is 0.650. The molecule has 2 rings (SSSR count). The molecular formula is C20H33N3O4S. The number of carbonyl (C=O) groups excluding carboxylic acids is 1. The molecule has 0 bridgehead atoms. The van der Waals surface area contributed by atoms with E-state index in [0.717, 1.165) is 13.1 Å². The molecule has 7 nitrogen and oxygen atoms in total. The van der Waals surface area contributed by atoms with Crippen LogP contribution in [0.2, 0.25) is 0 Å². The molecule has 28 heavy (non-hydrogen) atoms. The Kier molecular flexibility index (Phi) is 8.72. The minimum absolute atomic E-state index is 0.0660. The molecule has 0 aliphatic carbocycles. The van der Waals surface area contributed by atoms with E-state index in [-0.39, 0.29) is 29.8 Å². The Labute approximate surface area is 168 Å². The third-order valence-corrected chi connectivity index (χ3v) is 6.47. The summed E-state index contributed by atoms with van der Waals surface area (Å²) < 4.78 is 32.4. The van der Waals surface area contributed by atoms with Crippen molar-refractivity contribution in [2.24, 2.45) is 5.92 Å². The molecule has 1 saturated heterocycles. The third-order valence-electron chi connectivity index (χ3n) is 5.00. The molecule has 2 atom stereocenters. The van der Waals surface area contributed by atoms with E-state index in [1.165, 1.54) is 25.0 Å². The summed E-state index contributed by atoms with van der Waals surface area (Å²) in [5, 5.41) is 2.91. The van der Waals surface area contributed by atoms with Gasteiger partial charge in [0.05, 0.1) is 11.5 Å². The van der Waals surface area contributed by atoms with Crippen LogP contribution in [-0.4, -0.2) is 58.1 Å². The highest BCUT2D eigenvalue weighted by Gasteiger charge is 2.21. The zero-order valence-corrected chi connectivity index (χ0v) is 17.9. The van der Waals surface area contributed by atoms with Gasteiger partial charge in [0.1, 0.15) is 5.75 Å². The fourth-order valence-corrected chi connectivity index (χ4v) is 4.40. The van der Waals surface area contributed by atoms with Crippen molar-refractivity contribution >= 4 is 15.9 Å². The largest absolute Gasteiger partial charge is 0.494 e. The number of piperidine rings is 1. The second-order valence-electron chi connectivity index (χ2n) is 7.45. The van der Waals surface area contributed by atoms with Crippen LogP contribution >= 0.6 is 0 Å². The molecule has 1 amide bonds. The number of likely N-dealkylation sites (tertiary alicyclic amines) is 1. The summed E-state index contributed by atoms with van der Waals surface area (Å²) in [5.74, 6) is 1.17. The van der Waals surface area contributed by atoms with E-state index >= 15 is 0 Å². The van der Waals surface area contributed by atoms with Crippen molar-refractivity contribution in [3.63, 3.8) is 0 Å². The maximum absolute atomic E-state index is 12.3. The Bertz CT molecular complexity index is 721. The van der Waals surface area contributed by atoms with Crippen LogP contribution in [-0.2, 0) is 14.8 Å². The average Bonchev–Trinajstić information content (AvgIpc) is 2.66. The zero-order chi connectivity index (χ0) is 20.6. The van der Waals surface area contributed by atoms with E-state index in [1.807, 2.05) is 6.92 Å². The molecular weight excluding hydrogens is 378 g/mol. The Morgan fingerprint density at radius 3 is 2.68 bits per heavy atom. The van der Waals surface area contributed by atoms with Crippen LogP contribution in [0.1, 0.15) is 40.0 Å². The van der Waals surface area contributed by atoms with Crippen LogP contribution in [0.15, 0.2) is 29.2 Å². The number of nitrogens with zero attached hydrogens (tertiary/aromatic N) is 1. The first-order valence-electron chi connectivity index (χ1n) is 10.0. The Morgan fingerprint density at radius 1 is 1.32 bits per heavy atom. The molecule has 2 unspecified atom stereocenters. The standard InChI is InChI=1S/C20H33N3O4S/c1-4-27-18-7-9-19(10-8-18)28(25,26)22-12-11-20(24)21-14-17(3)23-13-5-6-16(2)15-23/h7-10,16-17,22H,4-6,11-15H2,1-3H3,(H,21,24). The van der Waals surface area contributed by atoms with Gasteiger partial charge in [-0.2, -0.15) is 0 Å². The van der Waals surface area contributed by atoms with Gasteiger partial charge >= 0.3 is 0 Å². The summed E-state index contributed by atoms with van der Waals surface area (Å²) in [5.41, 5.74) is 0. The Morgan fingerprint density at radius 2 is 2.04 bits per heavy atom. The molecule has 1 aromatic carbocycles. The maximum atomic E-state index is 12.3. The van der Waals surface area contributed by atoms with Gasteiger partial charge in [-0.3, -0.25) is 9.69 Å². The van der Waals surface area contributed by atoms with Gasteiger partial charge in [-0.15, -0.1) is 0 Å². The third kappa shape index (κ3) is 7.07. The summed E-state index contributed by atoms with van der Waals surface area (Å²) in [6.45, 7) is 9.55. The molecule has 158 valence electrons. The average molecular weight is 412 g/mol. The number of rotatable bonds is 10. The molecule has 2 N–H and O–H groups in total. The molecule has 1 heterocycles. The number of nitrogens with one attached hydrogen (secondary N) is 2. The fourth-order valence-electron chi connectivity index (χ4n) is 3.37. The summed E-state index contributed by atoms with van der Waals surface area (Å²) in [4.78, 5) is 14.6. The number of hydrogen-bond acceptors (Lipinski definition) is 5. The second-order valence-corrected chi connectivity index (χ2v) is 9.21. The van der Waals surface area contributed by atoms with E-state index in [9.17, 15) is 13.2 Å². The number of ether oxygens (including phenoxy) is 1. The van der Waals surface area contributed by atoms with Gasteiger partial charge in [-0.1, -0.05) is 6.92 Å². The summed E-state index contributed by atoms with van der Waals surface area (Å²) >= 11 is 0. The first-order valence-corrected chi connectivity index (χ1v) is 11.5. The van der Waals surface area contributed by atoms with Crippen molar-refractivity contribution in [2.75, 3.05) is 32.8 Å². The number of carbonyl (C=O) groups is 1. The lowest BCUT2D eigenvalue weighted by molar-refractivity contribution is -0.121. The lowest BCUT2D eigenvalue weighted by atomic mass is 9.99. The molecule has 0 aromatic heterocycles. The molecule has 0 radical (unpaired) electrons. The lowest BCUT2D eigenvalue weighted by Gasteiger charge is -2.35. The van der Waals surface area contributed by atoms with Crippen LogP contribution in [0.5, 0.6) is 5.75 Å². The van der Waals surface area contributed by atoms with E-state index in [0.29, 0.717) is 24.8 Å². The lowest BCUT2D eigenvalue weighted by Crippen LogP contribution is -2.46. The monoisotopic (exact) mass is 411 g/mol. The highest BCUT2D eigenvalue weighted by atomic mass is 32.2. The van der Waals surface area contributed by atoms with Gasteiger partial charge in [-0.05, 0) is 63.4 Å². The van der Waals surface area contributed by atoms with Gasteiger partial charge in [0.2, 0.25) is 15.9 Å². The second kappa shape index (κ2) is 10.8. The van der Waals surface area contributed by atoms with Gasteiger partial charge in [0.15, 0.2) is 0 Å². The van der Waals surface area contributed by atoms with Crippen LogP contribution in [0.25, 0.3) is 0 Å². The molecule has 0 saturated carbocycles. The first kappa shape index (κ1) is 22.6. The topological polar surface area (TPSA) is 87.7 Å². The van der Waals surface area contributed by atoms with Crippen molar-refractivity contribution in [3.05, 3.63) is 24.3 Å². The predicted molar refractivity (Wildman–Crippen MR) is 110 cm³/mol. The van der Waals surface area contributed by atoms with Gasteiger partial charge in [0, 0.05) is 32.1 Å². The van der Waals surface area contributed by atoms with Crippen molar-refractivity contribution in [2.45, 2.75) is 51.0 Å². The normalized spacial score (nSPS) is 19.2. The van der Waals surface area contributed by atoms with Crippen molar-refractivity contribution < 1.29 is 17.9 Å². The summed E-state index contributed by atoms with van der Waals surface area (Å²) in [7, 11) is -3.64. The quantitative estimate of drug-likeness (QED) is 0.615. The van der Waals surface area contributed by atoms with Crippen molar-refractivity contribution in [1.29, 1.82) is 0 Å². The number of sulfonamides is 1. The summed E-state index contributed by atoms with van der Waals surface area (Å²) in [6, 6.07) is 6.51. The van der Waals surface area contributed by atoms with Crippen LogP contribution < -0.4 is 14.8 Å². The summed E-state index contributed by atoms with van der Waals surface area (Å²) in [6.07, 6.45) is 2.58. The van der Waals surface area contributed by atoms with E-state index < -0.39 is 10.0 Å². The van der Waals surface area contributed by atoms with E-state index in [2.05, 4.69) is 28.8 Å². The first-order chi connectivity index (χ1) is 13.3. The molecule has 8 heteroatoms. The highest BCUT2D eigenvalue weighted by molar-refractivity contribution is 7.89. The smallest absolute Gasteiger partial charge is 0.240 e. The minimum atomic E-state index is -3.64. The molecule has 1 aliphatic heterocycles. The number of benzene rings is 1. The van der Waals surface area contributed by atoms with E-state index in [1.54, 1.807) is 12.1 Å². The van der Waals surface area contributed by atoms with Gasteiger partial charge < -0.3 is 10.1 Å². The predicted octanol–water partition coefficient (Wildman–Crippen LogP) is 1.99. The van der Waals surface area contributed by atoms with Crippen LogP contribution in [0.4, 0.5) is 0 Å². The van der Waals surface area contributed by atoms with Crippen molar-refractivity contribution in [3.8, 4) is 5.75 Å². The van der Waals surface area contributed by atoms with Crippen molar-refractivity contribution in [1.82, 2.24) is 14.9 Å². The van der Waals surface area contributed by atoms with Gasteiger partial charge in [0.25, 0.3) is 0 Å². The van der Waals surface area contributed by atoms with Gasteiger partial charge in [-0.25, -0.2) is 13.1 Å². The molecule has 1 aromatic rings.